The summed E-state index contributed by atoms with van der Waals surface area (Å²) in [5.74, 6) is 0. The molecule has 0 bridgehead atoms. The Morgan fingerprint density at radius 2 is 1.70 bits per heavy atom. The smallest absolute Gasteiger partial charge is 0.292 e. The first-order valence-electron chi connectivity index (χ1n) is 13.0. The molecule has 0 radical (unpaired) electrons. The van der Waals surface area contributed by atoms with Gasteiger partial charge in [0.25, 0.3) is 10.1 Å². The number of aryl methyl sites for hydroxylation is 1. The van der Waals surface area contributed by atoms with Crippen LogP contribution < -0.4 is 5.73 Å². The molecule has 1 aromatic rings. The minimum Gasteiger partial charge on any atom is -0.414 e. The molecule has 2 N–H and O–H groups in total. The minimum atomic E-state index is -4.06. The normalized spacial score (nSPS) is 28.7. The van der Waals surface area contributed by atoms with Crippen LogP contribution in [0.15, 0.2) is 17.3 Å². The Kier molecular flexibility index (Phi) is 8.08. The fourth-order valence-electron chi connectivity index (χ4n) is 4.10. The van der Waals surface area contributed by atoms with Gasteiger partial charge in [-0.05, 0) is 42.7 Å². The van der Waals surface area contributed by atoms with Crippen LogP contribution in [0.1, 0.15) is 66.8 Å². The Morgan fingerprint density at radius 3 is 2.19 bits per heavy atom. The lowest BCUT2D eigenvalue weighted by atomic mass is 9.89. The van der Waals surface area contributed by atoms with Crippen LogP contribution in [0.25, 0.3) is 0 Å². The molecule has 0 saturated carbocycles. The fourth-order valence-corrected chi connectivity index (χ4v) is 7.61. The maximum atomic E-state index is 12.8. The summed E-state index contributed by atoms with van der Waals surface area (Å²) in [5, 5.41) is 9.22. The maximum absolute atomic E-state index is 12.8. The van der Waals surface area contributed by atoms with E-state index in [2.05, 4.69) is 85.0 Å². The monoisotopic (exact) mass is 574 g/mol. The Morgan fingerprint density at radius 1 is 1.11 bits per heavy atom. The third-order valence-corrected chi connectivity index (χ3v) is 18.5. The molecule has 1 spiro atoms. The molecule has 1 unspecified atom stereocenters. The number of aromatic nitrogens is 3. The first kappa shape index (κ1) is 30.4. The van der Waals surface area contributed by atoms with Crippen molar-refractivity contribution in [1.82, 2.24) is 15.0 Å². The summed E-state index contributed by atoms with van der Waals surface area (Å²) in [4.78, 5) is 0. The molecular formula is C24H46N4O6SSi2. The van der Waals surface area contributed by atoms with Crippen molar-refractivity contribution in [3.05, 3.63) is 23.0 Å². The van der Waals surface area contributed by atoms with Gasteiger partial charge in [-0.25, -0.2) is 8.86 Å². The molecule has 2 aliphatic rings. The van der Waals surface area contributed by atoms with E-state index in [0.29, 0.717) is 0 Å². The van der Waals surface area contributed by atoms with Crippen molar-refractivity contribution in [1.29, 1.82) is 0 Å². The Bertz CT molecular complexity index is 1120. The van der Waals surface area contributed by atoms with Gasteiger partial charge in [0.15, 0.2) is 28.5 Å². The van der Waals surface area contributed by atoms with E-state index in [1.54, 1.807) is 10.9 Å². The van der Waals surface area contributed by atoms with Gasteiger partial charge in [-0.3, -0.25) is 0 Å². The number of ether oxygens (including phenoxy) is 1. The van der Waals surface area contributed by atoms with Gasteiger partial charge in [0.05, 0.1) is 29.6 Å². The third kappa shape index (κ3) is 5.63. The highest BCUT2D eigenvalue weighted by molar-refractivity contribution is 7.90. The summed E-state index contributed by atoms with van der Waals surface area (Å²) in [7, 11) is -8.76. The van der Waals surface area contributed by atoms with Gasteiger partial charge in [-0.15, -0.1) is 5.10 Å². The molecule has 1 aromatic heterocycles. The van der Waals surface area contributed by atoms with Gasteiger partial charge in [0.1, 0.15) is 12.2 Å². The summed E-state index contributed by atoms with van der Waals surface area (Å²) >= 11 is 0. The topological polar surface area (TPSA) is 128 Å². The summed E-state index contributed by atoms with van der Waals surface area (Å²) in [6.07, 6.45) is 0.784. The number of nitrogens with two attached hydrogens (primary N) is 1. The van der Waals surface area contributed by atoms with Crippen molar-refractivity contribution >= 4 is 26.8 Å². The van der Waals surface area contributed by atoms with Crippen LogP contribution >= 0.6 is 0 Å². The minimum absolute atomic E-state index is 0.0553. The Labute approximate surface area is 224 Å². The Hall–Kier alpha value is -1.10. The van der Waals surface area contributed by atoms with Crippen molar-refractivity contribution in [2.45, 2.75) is 122 Å². The molecule has 37 heavy (non-hydrogen) atoms. The quantitative estimate of drug-likeness (QED) is 0.354. The SMILES string of the molecule is CCCc1cnnn1[C@@H]1O[C@H](CO[Si](C)(C)C(C)(C)C)C2(OS(=O)(=O)C=C2N)[C@H]1O[Si](C)(C)C(C)(C)C. The maximum Gasteiger partial charge on any atom is 0.292 e. The number of rotatable bonds is 8. The largest absolute Gasteiger partial charge is 0.414 e. The molecule has 3 heterocycles. The molecule has 10 nitrogen and oxygen atoms in total. The van der Waals surface area contributed by atoms with Gasteiger partial charge >= 0.3 is 0 Å². The summed E-state index contributed by atoms with van der Waals surface area (Å²) < 4.78 is 53.3. The molecule has 1 fully saturated rings. The lowest BCUT2D eigenvalue weighted by molar-refractivity contribution is -0.0605. The standard InChI is InChI=1S/C24H46N4O6SSi2/c1-12-13-17-14-26-27-28(17)21-20(33-37(10,11)23(5,6)7)24(18(25)16-35(29,30)34-24)19(32-21)15-31-36(8,9)22(2,3)4/h14,16,19-21H,12-13,15,25H2,1-11H3/t19-,20+,21-,24?/m1/s1. The predicted molar refractivity (Wildman–Crippen MR) is 148 cm³/mol. The van der Waals surface area contributed by atoms with E-state index in [1.807, 2.05) is 0 Å². The van der Waals surface area contributed by atoms with Gasteiger partial charge in [-0.1, -0.05) is 60.1 Å². The van der Waals surface area contributed by atoms with E-state index in [0.717, 1.165) is 23.9 Å². The zero-order valence-electron chi connectivity index (χ0n) is 24.3. The highest BCUT2D eigenvalue weighted by Gasteiger charge is 2.67. The zero-order chi connectivity index (χ0) is 28.2. The van der Waals surface area contributed by atoms with Crippen LogP contribution in [0.3, 0.4) is 0 Å². The number of nitrogens with zero attached hydrogens (tertiary/aromatic N) is 3. The van der Waals surface area contributed by atoms with Crippen LogP contribution in [-0.2, 0) is 34.3 Å². The lowest BCUT2D eigenvalue weighted by Crippen LogP contribution is -2.59. The second-order valence-corrected chi connectivity index (χ2v) is 24.2. The highest BCUT2D eigenvalue weighted by atomic mass is 32.2. The van der Waals surface area contributed by atoms with E-state index in [4.69, 9.17) is 23.5 Å². The molecule has 0 aliphatic carbocycles. The van der Waals surface area contributed by atoms with Crippen LogP contribution in [0.4, 0.5) is 0 Å². The molecule has 3 rings (SSSR count). The predicted octanol–water partition coefficient (Wildman–Crippen LogP) is 4.44. The van der Waals surface area contributed by atoms with Crippen LogP contribution in [0.2, 0.25) is 36.3 Å². The van der Waals surface area contributed by atoms with E-state index in [1.165, 1.54) is 0 Å². The molecular weight excluding hydrogens is 529 g/mol. The third-order valence-electron chi connectivity index (χ3n) is 8.47. The number of hydrogen-bond donors (Lipinski definition) is 1. The molecule has 0 aromatic carbocycles. The van der Waals surface area contributed by atoms with Crippen molar-refractivity contribution < 1.29 is 26.2 Å². The Balaban J connectivity index is 2.17. The van der Waals surface area contributed by atoms with Gasteiger partial charge < -0.3 is 19.3 Å². The molecule has 1 saturated heterocycles. The lowest BCUT2D eigenvalue weighted by Gasteiger charge is -2.43. The average Bonchev–Trinajstić information content (AvgIpc) is 3.34. The van der Waals surface area contributed by atoms with Gasteiger partial charge in [0, 0.05) is 0 Å². The van der Waals surface area contributed by atoms with Crippen LogP contribution in [-0.4, -0.2) is 64.5 Å². The first-order chi connectivity index (χ1) is 16.7. The summed E-state index contributed by atoms with van der Waals surface area (Å²) in [5.41, 5.74) is 5.85. The van der Waals surface area contributed by atoms with Crippen molar-refractivity contribution in [2.24, 2.45) is 5.73 Å². The van der Waals surface area contributed by atoms with Crippen molar-refractivity contribution in [3.63, 3.8) is 0 Å². The van der Waals surface area contributed by atoms with Crippen molar-refractivity contribution in [2.75, 3.05) is 6.61 Å². The van der Waals surface area contributed by atoms with Crippen LogP contribution in [0.5, 0.6) is 0 Å². The first-order valence-corrected chi connectivity index (χ1v) is 20.3. The van der Waals surface area contributed by atoms with Gasteiger partial charge in [0.2, 0.25) is 0 Å². The zero-order valence-corrected chi connectivity index (χ0v) is 27.1. The average molecular weight is 575 g/mol. The van der Waals surface area contributed by atoms with E-state index >= 15 is 0 Å². The molecule has 212 valence electrons. The van der Waals surface area contributed by atoms with Gasteiger partial charge in [-0.2, -0.15) is 8.42 Å². The van der Waals surface area contributed by atoms with E-state index in [-0.39, 0.29) is 22.4 Å². The highest BCUT2D eigenvalue weighted by Crippen LogP contribution is 2.52. The molecule has 4 atom stereocenters. The summed E-state index contributed by atoms with van der Waals surface area (Å²) in [6, 6.07) is 0. The van der Waals surface area contributed by atoms with E-state index < -0.39 is 50.8 Å². The van der Waals surface area contributed by atoms with Crippen molar-refractivity contribution in [3.8, 4) is 0 Å². The second kappa shape index (κ2) is 9.82. The number of hydrogen-bond acceptors (Lipinski definition) is 9. The molecule has 2 aliphatic heterocycles. The second-order valence-electron chi connectivity index (χ2n) is 13.2. The van der Waals surface area contributed by atoms with E-state index in [9.17, 15) is 8.42 Å². The fraction of sp³-hybridized carbons (Fsp3) is 0.833. The molecule has 13 heteroatoms. The summed E-state index contributed by atoms with van der Waals surface area (Å²) in [6.45, 7) is 23.5. The van der Waals surface area contributed by atoms with Crippen LogP contribution in [0, 0.1) is 0 Å². The molecule has 0 amide bonds.